The minimum atomic E-state index is -3.62. The zero-order valence-corrected chi connectivity index (χ0v) is 17.3. The molecule has 148 valence electrons. The Labute approximate surface area is 163 Å². The maximum atomic E-state index is 13.3. The fourth-order valence-corrected chi connectivity index (χ4v) is 4.70. The number of hydrogen-bond donors (Lipinski definition) is 0. The van der Waals surface area contributed by atoms with Crippen molar-refractivity contribution in [2.24, 2.45) is 0 Å². The molecule has 0 bridgehead atoms. The summed E-state index contributed by atoms with van der Waals surface area (Å²) in [6, 6.07) is 10.9. The molecular formula is C22H31NO3S. The summed E-state index contributed by atoms with van der Waals surface area (Å²) in [6.45, 7) is 8.69. The Balaban J connectivity index is 2.31. The highest BCUT2D eigenvalue weighted by Crippen LogP contribution is 2.22. The van der Waals surface area contributed by atoms with Gasteiger partial charge in [-0.2, -0.15) is 0 Å². The molecule has 1 aromatic carbocycles. The molecule has 27 heavy (non-hydrogen) atoms. The van der Waals surface area contributed by atoms with E-state index < -0.39 is 10.0 Å². The highest BCUT2D eigenvalue weighted by molar-refractivity contribution is 7.90. The Kier molecular flexibility index (Phi) is 8.32. The molecule has 4 nitrogen and oxygen atoms in total. The molecule has 0 aliphatic heterocycles. The second kappa shape index (κ2) is 10.5. The SMILES string of the molecule is C=CCOCCc1ccc(CCCCCC)n1S(=O)(=O)c1ccc(C)cc1. The molecule has 0 fully saturated rings. The van der Waals surface area contributed by atoms with E-state index >= 15 is 0 Å². The van der Waals surface area contributed by atoms with Gasteiger partial charge in [0.2, 0.25) is 0 Å². The molecule has 0 aliphatic rings. The van der Waals surface area contributed by atoms with Crippen LogP contribution in [0.3, 0.4) is 0 Å². The average molecular weight is 390 g/mol. The molecule has 2 aromatic rings. The first-order valence-corrected chi connectivity index (χ1v) is 11.1. The highest BCUT2D eigenvalue weighted by Gasteiger charge is 2.22. The number of hydrogen-bond acceptors (Lipinski definition) is 3. The first-order chi connectivity index (χ1) is 13.0. The lowest BCUT2D eigenvalue weighted by atomic mass is 10.1. The molecule has 0 aliphatic carbocycles. The fraction of sp³-hybridized carbons (Fsp3) is 0.455. The van der Waals surface area contributed by atoms with Crippen molar-refractivity contribution in [3.05, 3.63) is 66.0 Å². The average Bonchev–Trinajstić information content (AvgIpc) is 3.06. The van der Waals surface area contributed by atoms with E-state index in [1.165, 1.54) is 10.4 Å². The largest absolute Gasteiger partial charge is 0.377 e. The molecule has 0 radical (unpaired) electrons. The number of aryl methyl sites for hydroxylation is 2. The van der Waals surface area contributed by atoms with Crippen LogP contribution in [-0.2, 0) is 27.6 Å². The van der Waals surface area contributed by atoms with Crippen LogP contribution >= 0.6 is 0 Å². The van der Waals surface area contributed by atoms with Crippen LogP contribution in [0.4, 0.5) is 0 Å². The van der Waals surface area contributed by atoms with Gasteiger partial charge >= 0.3 is 0 Å². The fourth-order valence-electron chi connectivity index (χ4n) is 3.08. The van der Waals surface area contributed by atoms with Gasteiger partial charge in [-0.1, -0.05) is 50.0 Å². The normalized spacial score (nSPS) is 11.6. The predicted molar refractivity (Wildman–Crippen MR) is 111 cm³/mol. The summed E-state index contributed by atoms with van der Waals surface area (Å²) in [4.78, 5) is 0.326. The molecule has 0 N–H and O–H groups in total. The van der Waals surface area contributed by atoms with Crippen LogP contribution in [0.15, 0.2) is 53.9 Å². The van der Waals surface area contributed by atoms with Crippen LogP contribution in [-0.4, -0.2) is 25.6 Å². The summed E-state index contributed by atoms with van der Waals surface area (Å²) in [5.74, 6) is 0. The summed E-state index contributed by atoms with van der Waals surface area (Å²) in [6.07, 6.45) is 7.45. The Hall–Kier alpha value is -1.85. The van der Waals surface area contributed by atoms with Crippen LogP contribution in [0.2, 0.25) is 0 Å². The Morgan fingerprint density at radius 2 is 1.67 bits per heavy atom. The minimum Gasteiger partial charge on any atom is -0.377 e. The van der Waals surface area contributed by atoms with E-state index in [0.717, 1.165) is 42.6 Å². The number of rotatable bonds is 12. The van der Waals surface area contributed by atoms with E-state index in [9.17, 15) is 8.42 Å². The van der Waals surface area contributed by atoms with E-state index in [-0.39, 0.29) is 0 Å². The van der Waals surface area contributed by atoms with E-state index in [1.54, 1.807) is 18.2 Å². The standard InChI is InChI=1S/C22H31NO3S/c1-4-6-7-8-9-20-12-13-21(16-18-26-17-5-2)23(20)27(24,25)22-14-10-19(3)11-15-22/h5,10-15H,2,4,6-9,16-18H2,1,3H3. The predicted octanol–water partition coefficient (Wildman–Crippen LogP) is 4.90. The first kappa shape index (κ1) is 21.5. The van der Waals surface area contributed by atoms with Gasteiger partial charge < -0.3 is 4.74 Å². The van der Waals surface area contributed by atoms with Crippen molar-refractivity contribution in [3.63, 3.8) is 0 Å². The van der Waals surface area contributed by atoms with Gasteiger partial charge in [-0.05, 0) is 44.0 Å². The highest BCUT2D eigenvalue weighted by atomic mass is 32.2. The molecule has 0 spiro atoms. The lowest BCUT2D eigenvalue weighted by Crippen LogP contribution is -2.19. The Morgan fingerprint density at radius 3 is 2.30 bits per heavy atom. The molecule has 0 atom stereocenters. The lowest BCUT2D eigenvalue weighted by Gasteiger charge is -2.15. The van der Waals surface area contributed by atoms with Crippen molar-refractivity contribution < 1.29 is 13.2 Å². The molecule has 1 heterocycles. The Morgan fingerprint density at radius 1 is 1.00 bits per heavy atom. The number of ether oxygens (including phenoxy) is 1. The van der Waals surface area contributed by atoms with Gasteiger partial charge in [0.1, 0.15) is 0 Å². The monoisotopic (exact) mass is 389 g/mol. The van der Waals surface area contributed by atoms with Crippen molar-refractivity contribution in [2.75, 3.05) is 13.2 Å². The quantitative estimate of drug-likeness (QED) is 0.383. The van der Waals surface area contributed by atoms with Crippen molar-refractivity contribution in [3.8, 4) is 0 Å². The van der Waals surface area contributed by atoms with Crippen LogP contribution < -0.4 is 0 Å². The molecule has 0 saturated heterocycles. The minimum absolute atomic E-state index is 0.326. The van der Waals surface area contributed by atoms with Gasteiger partial charge in [0.15, 0.2) is 0 Å². The summed E-state index contributed by atoms with van der Waals surface area (Å²) in [5.41, 5.74) is 2.66. The van der Waals surface area contributed by atoms with Crippen LogP contribution in [0.1, 0.15) is 49.6 Å². The third-order valence-corrected chi connectivity index (χ3v) is 6.39. The maximum absolute atomic E-state index is 13.3. The van der Waals surface area contributed by atoms with Gasteiger partial charge in [-0.3, -0.25) is 0 Å². The molecule has 5 heteroatoms. The number of aromatic nitrogens is 1. The van der Waals surface area contributed by atoms with Crippen LogP contribution in [0, 0.1) is 6.92 Å². The first-order valence-electron chi connectivity index (χ1n) is 9.71. The van der Waals surface area contributed by atoms with Crippen molar-refractivity contribution in [2.45, 2.75) is 57.3 Å². The number of nitrogens with zero attached hydrogens (tertiary/aromatic N) is 1. The maximum Gasteiger partial charge on any atom is 0.268 e. The van der Waals surface area contributed by atoms with E-state index in [4.69, 9.17) is 4.74 Å². The van der Waals surface area contributed by atoms with E-state index in [1.807, 2.05) is 31.2 Å². The smallest absolute Gasteiger partial charge is 0.268 e. The topological polar surface area (TPSA) is 48.3 Å². The molecule has 1 aromatic heterocycles. The summed E-state index contributed by atoms with van der Waals surface area (Å²) >= 11 is 0. The molecule has 0 amide bonds. The van der Waals surface area contributed by atoms with Gasteiger partial charge in [0, 0.05) is 17.8 Å². The lowest BCUT2D eigenvalue weighted by molar-refractivity contribution is 0.165. The molecule has 0 saturated carbocycles. The second-order valence-corrected chi connectivity index (χ2v) is 8.61. The zero-order valence-electron chi connectivity index (χ0n) is 16.5. The van der Waals surface area contributed by atoms with E-state index in [2.05, 4.69) is 13.5 Å². The van der Waals surface area contributed by atoms with Crippen LogP contribution in [0.25, 0.3) is 0 Å². The van der Waals surface area contributed by atoms with Crippen LogP contribution in [0.5, 0.6) is 0 Å². The van der Waals surface area contributed by atoms with Gasteiger partial charge in [-0.15, -0.1) is 6.58 Å². The van der Waals surface area contributed by atoms with E-state index in [0.29, 0.717) is 24.5 Å². The molecular weight excluding hydrogens is 358 g/mol. The van der Waals surface area contributed by atoms with Crippen molar-refractivity contribution in [1.29, 1.82) is 0 Å². The molecule has 0 unspecified atom stereocenters. The third-order valence-electron chi connectivity index (χ3n) is 4.57. The summed E-state index contributed by atoms with van der Waals surface area (Å²) < 4.78 is 33.7. The third kappa shape index (κ3) is 5.81. The number of unbranched alkanes of at least 4 members (excludes halogenated alkanes) is 3. The van der Waals surface area contributed by atoms with Gasteiger partial charge in [0.25, 0.3) is 10.0 Å². The second-order valence-electron chi connectivity index (χ2n) is 6.82. The summed E-state index contributed by atoms with van der Waals surface area (Å²) in [5, 5.41) is 0. The molecule has 2 rings (SSSR count). The van der Waals surface area contributed by atoms with Gasteiger partial charge in [-0.25, -0.2) is 12.4 Å². The van der Waals surface area contributed by atoms with Crippen molar-refractivity contribution in [1.82, 2.24) is 3.97 Å². The number of benzene rings is 1. The zero-order chi connectivity index (χ0) is 19.7. The van der Waals surface area contributed by atoms with Gasteiger partial charge in [0.05, 0.1) is 18.1 Å². The summed E-state index contributed by atoms with van der Waals surface area (Å²) in [7, 11) is -3.62. The van der Waals surface area contributed by atoms with Crippen molar-refractivity contribution >= 4 is 10.0 Å². The Bertz CT molecular complexity index is 820.